The van der Waals surface area contributed by atoms with Crippen molar-refractivity contribution in [3.63, 3.8) is 0 Å². The molecule has 0 atom stereocenters. The van der Waals surface area contributed by atoms with E-state index in [1.807, 2.05) is 6.20 Å². The van der Waals surface area contributed by atoms with Gasteiger partial charge in [-0.3, -0.25) is 4.68 Å². The first-order chi connectivity index (χ1) is 8.25. The van der Waals surface area contributed by atoms with Crippen LogP contribution in [-0.4, -0.2) is 26.5 Å². The first kappa shape index (κ1) is 11.2. The highest BCUT2D eigenvalue weighted by molar-refractivity contribution is 5.61. The molecule has 0 amide bonds. The molecule has 0 saturated carbocycles. The number of anilines is 3. The van der Waals surface area contributed by atoms with Gasteiger partial charge in [0, 0.05) is 19.3 Å². The van der Waals surface area contributed by atoms with Crippen molar-refractivity contribution in [3.05, 3.63) is 24.5 Å². The topological polar surface area (TPSA) is 108 Å². The molecule has 17 heavy (non-hydrogen) atoms. The standard InChI is InChI=1S/C10H15N7/c11-8-2-3-9(15-10(8)12)13-4-1-6-17-7-5-14-16-17/h2-3,5,7H,1,4,6,11H2,(H3,12,13,15). The SMILES string of the molecule is Nc1ccc(NCCCn2ccnn2)nc1N. The Labute approximate surface area is 98.8 Å². The fraction of sp³-hybridized carbons (Fsp3) is 0.300. The van der Waals surface area contributed by atoms with E-state index >= 15 is 0 Å². The van der Waals surface area contributed by atoms with E-state index in [0.717, 1.165) is 25.3 Å². The summed E-state index contributed by atoms with van der Waals surface area (Å²) >= 11 is 0. The van der Waals surface area contributed by atoms with Crippen molar-refractivity contribution in [2.24, 2.45) is 0 Å². The molecule has 0 radical (unpaired) electrons. The van der Waals surface area contributed by atoms with Crippen LogP contribution in [0.15, 0.2) is 24.5 Å². The van der Waals surface area contributed by atoms with E-state index in [4.69, 9.17) is 11.5 Å². The molecule has 5 N–H and O–H groups in total. The number of nitrogens with zero attached hydrogens (tertiary/aromatic N) is 4. The fourth-order valence-electron chi connectivity index (χ4n) is 1.39. The van der Waals surface area contributed by atoms with Crippen LogP contribution in [0.1, 0.15) is 6.42 Å². The Bertz CT molecular complexity index is 466. The molecule has 0 spiro atoms. The number of hydrogen-bond donors (Lipinski definition) is 3. The van der Waals surface area contributed by atoms with Gasteiger partial charge in [-0.05, 0) is 18.6 Å². The minimum atomic E-state index is 0.353. The number of aromatic nitrogens is 4. The van der Waals surface area contributed by atoms with Crippen LogP contribution in [-0.2, 0) is 6.54 Å². The van der Waals surface area contributed by atoms with Gasteiger partial charge >= 0.3 is 0 Å². The summed E-state index contributed by atoms with van der Waals surface area (Å²) in [5, 5.41) is 10.8. The summed E-state index contributed by atoms with van der Waals surface area (Å²) in [7, 11) is 0. The maximum atomic E-state index is 5.60. The van der Waals surface area contributed by atoms with Crippen molar-refractivity contribution in [1.82, 2.24) is 20.0 Å². The highest BCUT2D eigenvalue weighted by atomic mass is 15.4. The van der Waals surface area contributed by atoms with E-state index in [2.05, 4.69) is 20.6 Å². The lowest BCUT2D eigenvalue weighted by Gasteiger charge is -2.07. The van der Waals surface area contributed by atoms with Crippen molar-refractivity contribution in [1.29, 1.82) is 0 Å². The second kappa shape index (κ2) is 5.15. The van der Waals surface area contributed by atoms with Gasteiger partial charge in [-0.15, -0.1) is 5.10 Å². The first-order valence-electron chi connectivity index (χ1n) is 5.35. The minimum absolute atomic E-state index is 0.353. The highest BCUT2D eigenvalue weighted by Gasteiger charge is 1.98. The average Bonchev–Trinajstić information content (AvgIpc) is 2.82. The Kier molecular flexibility index (Phi) is 3.39. The number of pyridine rings is 1. The zero-order chi connectivity index (χ0) is 12.1. The predicted molar refractivity (Wildman–Crippen MR) is 66.2 cm³/mol. The maximum Gasteiger partial charge on any atom is 0.149 e. The Morgan fingerprint density at radius 1 is 1.29 bits per heavy atom. The normalized spacial score (nSPS) is 10.4. The Balaban J connectivity index is 1.76. The fourth-order valence-corrected chi connectivity index (χ4v) is 1.39. The first-order valence-corrected chi connectivity index (χ1v) is 5.35. The summed E-state index contributed by atoms with van der Waals surface area (Å²) in [6, 6.07) is 3.54. The Morgan fingerprint density at radius 2 is 2.18 bits per heavy atom. The van der Waals surface area contributed by atoms with E-state index < -0.39 is 0 Å². The zero-order valence-corrected chi connectivity index (χ0v) is 9.37. The molecule has 0 bridgehead atoms. The molecule has 2 aromatic heterocycles. The van der Waals surface area contributed by atoms with Crippen LogP contribution in [0.4, 0.5) is 17.3 Å². The highest BCUT2D eigenvalue weighted by Crippen LogP contribution is 2.14. The van der Waals surface area contributed by atoms with Gasteiger partial charge in [0.2, 0.25) is 0 Å². The minimum Gasteiger partial charge on any atom is -0.396 e. The third kappa shape index (κ3) is 3.07. The molecule has 7 heteroatoms. The molecule has 2 aromatic rings. The van der Waals surface area contributed by atoms with E-state index in [9.17, 15) is 0 Å². The summed E-state index contributed by atoms with van der Waals surface area (Å²) in [6.07, 6.45) is 4.42. The van der Waals surface area contributed by atoms with Gasteiger partial charge in [0.1, 0.15) is 11.6 Å². The van der Waals surface area contributed by atoms with Crippen LogP contribution in [0, 0.1) is 0 Å². The second-order valence-electron chi connectivity index (χ2n) is 3.62. The lowest BCUT2D eigenvalue weighted by molar-refractivity contribution is 0.569. The number of aryl methyl sites for hydroxylation is 1. The molecule has 7 nitrogen and oxygen atoms in total. The Morgan fingerprint density at radius 3 is 2.88 bits per heavy atom. The van der Waals surface area contributed by atoms with Crippen molar-refractivity contribution in [3.8, 4) is 0 Å². The summed E-state index contributed by atoms with van der Waals surface area (Å²) in [4.78, 5) is 4.11. The number of hydrogen-bond acceptors (Lipinski definition) is 6. The molecule has 0 saturated heterocycles. The molecule has 0 aromatic carbocycles. The van der Waals surface area contributed by atoms with Gasteiger partial charge in [0.05, 0.1) is 11.9 Å². The molecule has 0 fully saturated rings. The third-order valence-corrected chi connectivity index (χ3v) is 2.30. The summed E-state index contributed by atoms with van der Waals surface area (Å²) in [5.74, 6) is 1.08. The second-order valence-corrected chi connectivity index (χ2v) is 3.62. The van der Waals surface area contributed by atoms with Gasteiger partial charge in [-0.25, -0.2) is 4.98 Å². The van der Waals surface area contributed by atoms with Crippen LogP contribution < -0.4 is 16.8 Å². The van der Waals surface area contributed by atoms with Crippen LogP contribution >= 0.6 is 0 Å². The maximum absolute atomic E-state index is 5.60. The monoisotopic (exact) mass is 233 g/mol. The van der Waals surface area contributed by atoms with Gasteiger partial charge in [-0.2, -0.15) is 0 Å². The van der Waals surface area contributed by atoms with E-state index in [-0.39, 0.29) is 0 Å². The van der Waals surface area contributed by atoms with Crippen molar-refractivity contribution < 1.29 is 0 Å². The zero-order valence-electron chi connectivity index (χ0n) is 9.37. The van der Waals surface area contributed by atoms with Gasteiger partial charge in [0.15, 0.2) is 0 Å². The average molecular weight is 233 g/mol. The van der Waals surface area contributed by atoms with E-state index in [1.54, 1.807) is 23.0 Å². The van der Waals surface area contributed by atoms with Gasteiger partial charge in [0.25, 0.3) is 0 Å². The summed E-state index contributed by atoms with van der Waals surface area (Å²) < 4.78 is 1.78. The lowest BCUT2D eigenvalue weighted by atomic mass is 10.3. The van der Waals surface area contributed by atoms with Crippen molar-refractivity contribution in [2.75, 3.05) is 23.3 Å². The largest absolute Gasteiger partial charge is 0.396 e. The number of nitrogens with two attached hydrogens (primary N) is 2. The molecular formula is C10H15N7. The molecule has 2 rings (SSSR count). The molecule has 0 unspecified atom stereocenters. The van der Waals surface area contributed by atoms with Crippen LogP contribution in [0.2, 0.25) is 0 Å². The molecule has 0 aliphatic heterocycles. The van der Waals surface area contributed by atoms with Gasteiger partial charge < -0.3 is 16.8 Å². The predicted octanol–water partition coefficient (Wildman–Crippen LogP) is 0.340. The van der Waals surface area contributed by atoms with Gasteiger partial charge in [-0.1, -0.05) is 5.21 Å². The summed E-state index contributed by atoms with van der Waals surface area (Å²) in [6.45, 7) is 1.60. The molecular weight excluding hydrogens is 218 g/mol. The molecule has 2 heterocycles. The van der Waals surface area contributed by atoms with Crippen LogP contribution in [0.5, 0.6) is 0 Å². The smallest absolute Gasteiger partial charge is 0.149 e. The molecule has 0 aliphatic rings. The van der Waals surface area contributed by atoms with Crippen molar-refractivity contribution >= 4 is 17.3 Å². The number of rotatable bonds is 5. The van der Waals surface area contributed by atoms with Crippen LogP contribution in [0.25, 0.3) is 0 Å². The molecule has 0 aliphatic carbocycles. The van der Waals surface area contributed by atoms with E-state index in [0.29, 0.717) is 11.5 Å². The summed E-state index contributed by atoms with van der Waals surface area (Å²) in [5.41, 5.74) is 11.7. The van der Waals surface area contributed by atoms with Crippen LogP contribution in [0.3, 0.4) is 0 Å². The Hall–Kier alpha value is -2.31. The molecule has 90 valence electrons. The quantitative estimate of drug-likeness (QED) is 0.643. The number of nitrogens with one attached hydrogen (secondary N) is 1. The number of nitrogen functional groups attached to an aromatic ring is 2. The van der Waals surface area contributed by atoms with E-state index in [1.165, 1.54) is 0 Å². The lowest BCUT2D eigenvalue weighted by Crippen LogP contribution is -2.09. The third-order valence-electron chi connectivity index (χ3n) is 2.30. The van der Waals surface area contributed by atoms with Crippen molar-refractivity contribution in [2.45, 2.75) is 13.0 Å².